The number of pyridine rings is 1. The zero-order valence-electron chi connectivity index (χ0n) is 23.1. The number of benzene rings is 2. The second-order valence-electron chi connectivity index (χ2n) is 9.48. The molecule has 12 heteroatoms. The number of anilines is 2. The fourth-order valence-electron chi connectivity index (χ4n) is 4.80. The summed E-state index contributed by atoms with van der Waals surface area (Å²) in [6.07, 6.45) is 5.96. The Morgan fingerprint density at radius 3 is 2.66 bits per heavy atom. The van der Waals surface area contributed by atoms with Gasteiger partial charge in [0.25, 0.3) is 0 Å². The lowest BCUT2D eigenvalue weighted by molar-refractivity contribution is 0.115. The van der Waals surface area contributed by atoms with Crippen LogP contribution in [0.3, 0.4) is 0 Å². The van der Waals surface area contributed by atoms with Crippen LogP contribution in [-0.2, 0) is 4.74 Å². The number of hydrogen-bond acceptors (Lipinski definition) is 9. The number of piperidine rings is 1. The first-order valence-electron chi connectivity index (χ1n) is 12.8. The molecule has 1 saturated heterocycles. The number of halogens is 3. The summed E-state index contributed by atoms with van der Waals surface area (Å²) in [5.41, 5.74) is 2.95. The van der Waals surface area contributed by atoms with Crippen molar-refractivity contribution < 1.29 is 23.7 Å². The molecule has 0 amide bonds. The van der Waals surface area contributed by atoms with E-state index in [9.17, 15) is 5.26 Å². The van der Waals surface area contributed by atoms with Crippen LogP contribution in [0.25, 0.3) is 15.9 Å². The summed E-state index contributed by atoms with van der Waals surface area (Å²) in [4.78, 5) is 6.84. The van der Waals surface area contributed by atoms with E-state index in [0.717, 1.165) is 31.5 Å². The lowest BCUT2D eigenvalue weighted by Crippen LogP contribution is -2.35. The Morgan fingerprint density at radius 2 is 1.95 bits per heavy atom. The fraction of sp³-hybridized carbons (Fsp3) is 0.379. The van der Waals surface area contributed by atoms with Crippen molar-refractivity contribution in [2.24, 2.45) is 0 Å². The molecular formula is C29H33Cl3N4O5. The number of nitriles is 1. The predicted octanol–water partition coefficient (Wildman–Crippen LogP) is 6.52. The van der Waals surface area contributed by atoms with E-state index in [1.165, 1.54) is 0 Å². The molecule has 1 aromatic heterocycles. The molecule has 220 valence electrons. The molecule has 0 radical (unpaired) electrons. The highest BCUT2D eigenvalue weighted by molar-refractivity contribution is 6.49. The number of hydrogen-bond donors (Lipinski definition) is 1. The first-order valence-corrected chi connectivity index (χ1v) is 13.2. The van der Waals surface area contributed by atoms with E-state index in [4.69, 9.17) is 35.3 Å². The second kappa shape index (κ2) is 14.7. The van der Waals surface area contributed by atoms with E-state index in [2.05, 4.69) is 28.3 Å². The van der Waals surface area contributed by atoms with Crippen molar-refractivity contribution in [1.82, 2.24) is 9.88 Å². The number of nitrogens with zero attached hydrogens (tertiary/aromatic N) is 3. The van der Waals surface area contributed by atoms with Gasteiger partial charge in [0.15, 0.2) is 11.5 Å². The minimum absolute atomic E-state index is 0. The fourth-order valence-corrected chi connectivity index (χ4v) is 5.06. The molecule has 2 aromatic carbocycles. The molecule has 0 unspecified atom stereocenters. The summed E-state index contributed by atoms with van der Waals surface area (Å²) in [5.74, 6) is 2.30. The van der Waals surface area contributed by atoms with E-state index >= 15 is 0 Å². The maximum Gasteiger partial charge on any atom is 0.231 e. The van der Waals surface area contributed by atoms with Gasteiger partial charge in [-0.3, -0.25) is 4.98 Å². The van der Waals surface area contributed by atoms with Crippen LogP contribution in [0.5, 0.6) is 23.0 Å². The molecule has 0 spiro atoms. The minimum Gasteiger partial charge on any atom is -0.497 e. The highest BCUT2D eigenvalue weighted by atomic mass is 35.5. The smallest absolute Gasteiger partial charge is 0.231 e. The first kappa shape index (κ1) is 32.4. The molecule has 5 rings (SSSR count). The molecule has 2 aliphatic heterocycles. The summed E-state index contributed by atoms with van der Waals surface area (Å²) in [6.45, 7) is 2.54. The van der Waals surface area contributed by atoms with Crippen LogP contribution >= 0.6 is 36.4 Å². The van der Waals surface area contributed by atoms with Gasteiger partial charge in [0, 0.05) is 55.7 Å². The van der Waals surface area contributed by atoms with Crippen molar-refractivity contribution >= 4 is 63.7 Å². The average Bonchev–Trinajstić information content (AvgIpc) is 3.45. The summed E-state index contributed by atoms with van der Waals surface area (Å²) in [5, 5.41) is 14.7. The zero-order chi connectivity index (χ0) is 27.4. The minimum atomic E-state index is 0. The largest absolute Gasteiger partial charge is 0.497 e. The van der Waals surface area contributed by atoms with Gasteiger partial charge in [0.2, 0.25) is 6.79 Å². The second-order valence-corrected chi connectivity index (χ2v) is 9.89. The Kier molecular flexibility index (Phi) is 11.6. The molecule has 1 fully saturated rings. The number of methoxy groups -OCH3 is 2. The van der Waals surface area contributed by atoms with Gasteiger partial charge in [-0.05, 0) is 38.4 Å². The number of nitrogens with one attached hydrogen (secondary N) is 1. The number of fused-ring (bicyclic) bond motifs is 2. The van der Waals surface area contributed by atoms with Gasteiger partial charge >= 0.3 is 0 Å². The zero-order valence-corrected chi connectivity index (χ0v) is 25.5. The lowest BCUT2D eigenvalue weighted by atomic mass is 10.1. The van der Waals surface area contributed by atoms with Crippen molar-refractivity contribution in [3.05, 3.63) is 47.7 Å². The highest BCUT2D eigenvalue weighted by Crippen LogP contribution is 2.48. The molecule has 3 aromatic rings. The standard InChI is InChI=1S/C29H31ClN4O5.2ClH/c1-34-10-8-19(9-11-34)39-25-14-20(36-3)13-24-26(25)27(18(15-31)16-32-24)33-23-7-6-21(22(30)5-4-12-35-2)28-29(23)38-17-37-28;;/h5-7,13-14,16,19H,4,8-12,17H2,1-3H3,(H,32,33);2*1H/b22-5-;;. The van der Waals surface area contributed by atoms with Gasteiger partial charge in [0.1, 0.15) is 23.7 Å². The van der Waals surface area contributed by atoms with Crippen molar-refractivity contribution in [3.8, 4) is 29.1 Å². The first-order chi connectivity index (χ1) is 19.0. The molecule has 41 heavy (non-hydrogen) atoms. The van der Waals surface area contributed by atoms with Crippen LogP contribution in [0, 0.1) is 11.3 Å². The number of ether oxygens (including phenoxy) is 5. The van der Waals surface area contributed by atoms with Crippen molar-refractivity contribution in [3.63, 3.8) is 0 Å². The SMILES string of the molecule is COCC/C=C(\Cl)c1ccc(Nc2c(C#N)cnc3cc(OC)cc(OC4CCN(C)CC4)c23)c2c1OCO2.Cl.Cl. The van der Waals surface area contributed by atoms with Crippen LogP contribution in [0.15, 0.2) is 36.5 Å². The molecule has 1 N–H and O–H groups in total. The van der Waals surface area contributed by atoms with Crippen LogP contribution in [0.4, 0.5) is 11.4 Å². The highest BCUT2D eigenvalue weighted by Gasteiger charge is 2.26. The molecule has 0 atom stereocenters. The van der Waals surface area contributed by atoms with E-state index in [-0.39, 0.29) is 37.7 Å². The van der Waals surface area contributed by atoms with Crippen LogP contribution in [0.1, 0.15) is 30.4 Å². The average molecular weight is 624 g/mol. The molecule has 9 nitrogen and oxygen atoms in total. The number of rotatable bonds is 9. The summed E-state index contributed by atoms with van der Waals surface area (Å²) < 4.78 is 28.9. The summed E-state index contributed by atoms with van der Waals surface area (Å²) >= 11 is 6.58. The van der Waals surface area contributed by atoms with Crippen LogP contribution in [0.2, 0.25) is 0 Å². The van der Waals surface area contributed by atoms with Gasteiger partial charge in [-0.2, -0.15) is 5.26 Å². The Morgan fingerprint density at radius 1 is 1.20 bits per heavy atom. The third-order valence-electron chi connectivity index (χ3n) is 6.90. The van der Waals surface area contributed by atoms with Gasteiger partial charge < -0.3 is 33.9 Å². The van der Waals surface area contributed by atoms with Gasteiger partial charge in [-0.1, -0.05) is 17.7 Å². The molecule has 0 aliphatic carbocycles. The summed E-state index contributed by atoms with van der Waals surface area (Å²) in [7, 11) is 5.37. The molecular weight excluding hydrogens is 591 g/mol. The van der Waals surface area contributed by atoms with Gasteiger partial charge in [-0.15, -0.1) is 24.8 Å². The van der Waals surface area contributed by atoms with Crippen molar-refractivity contribution in [1.29, 1.82) is 5.26 Å². The van der Waals surface area contributed by atoms with E-state index in [1.807, 2.05) is 30.3 Å². The van der Waals surface area contributed by atoms with Crippen molar-refractivity contribution in [2.75, 3.05) is 53.1 Å². The van der Waals surface area contributed by atoms with E-state index in [1.54, 1.807) is 20.4 Å². The third kappa shape index (κ3) is 7.03. The lowest BCUT2D eigenvalue weighted by Gasteiger charge is -2.30. The number of aromatic nitrogens is 1. The number of likely N-dealkylation sites (tertiary alicyclic amines) is 1. The Balaban J connectivity index is 0.00000231. The summed E-state index contributed by atoms with van der Waals surface area (Å²) in [6, 6.07) is 9.69. The van der Waals surface area contributed by atoms with Gasteiger partial charge in [0.05, 0.1) is 35.0 Å². The maximum atomic E-state index is 10.0. The van der Waals surface area contributed by atoms with E-state index < -0.39 is 0 Å². The molecule has 3 heterocycles. The van der Waals surface area contributed by atoms with E-state index in [0.29, 0.717) is 68.9 Å². The Hall–Kier alpha value is -3.13. The molecule has 0 saturated carbocycles. The molecule has 2 aliphatic rings. The van der Waals surface area contributed by atoms with Crippen LogP contribution in [-0.4, -0.2) is 63.7 Å². The Bertz CT molecular complexity index is 1440. The van der Waals surface area contributed by atoms with Crippen molar-refractivity contribution in [2.45, 2.75) is 25.4 Å². The normalized spacial score (nSPS) is 15.0. The topological polar surface area (TPSA) is 98.1 Å². The monoisotopic (exact) mass is 622 g/mol. The molecule has 0 bridgehead atoms. The third-order valence-corrected chi connectivity index (χ3v) is 7.26. The predicted molar refractivity (Wildman–Crippen MR) is 165 cm³/mol. The van der Waals surface area contributed by atoms with Crippen LogP contribution < -0.4 is 24.3 Å². The Labute approximate surface area is 257 Å². The van der Waals surface area contributed by atoms with Gasteiger partial charge in [-0.25, -0.2) is 0 Å². The maximum absolute atomic E-state index is 10.0. The quantitative estimate of drug-likeness (QED) is 0.267.